The number of nitrogens with one attached hydrogen (secondary N) is 1. The summed E-state index contributed by atoms with van der Waals surface area (Å²) >= 11 is 5.02. The van der Waals surface area contributed by atoms with Crippen LogP contribution in [0.5, 0.6) is 11.5 Å². The third kappa shape index (κ3) is 5.91. The number of thiophene rings is 1. The molecule has 1 aliphatic carbocycles. The van der Waals surface area contributed by atoms with Crippen molar-refractivity contribution < 1.29 is 14.3 Å². The Morgan fingerprint density at radius 1 is 1.28 bits per heavy atom. The second kappa shape index (κ2) is 11.7. The van der Waals surface area contributed by atoms with Gasteiger partial charge in [-0.1, -0.05) is 35.0 Å². The maximum absolute atomic E-state index is 13.3. The van der Waals surface area contributed by atoms with Crippen molar-refractivity contribution in [2.75, 3.05) is 7.11 Å². The van der Waals surface area contributed by atoms with Crippen molar-refractivity contribution >= 4 is 49.6 Å². The molecule has 0 saturated heterocycles. The van der Waals surface area contributed by atoms with Gasteiger partial charge in [-0.25, -0.2) is 10.4 Å². The van der Waals surface area contributed by atoms with Crippen molar-refractivity contribution in [1.29, 1.82) is 0 Å². The Labute approximate surface area is 238 Å². The summed E-state index contributed by atoms with van der Waals surface area (Å²) in [6, 6.07) is 12.5. The number of ether oxygens (including phenoxy) is 2. The largest absolute Gasteiger partial charge is 0.493 e. The zero-order valence-electron chi connectivity index (χ0n) is 21.9. The SMILES string of the molecule is COc1cc(/C=N\NC(=O)[C@H](C)n2cnc3sc4c(c3c2=O)CC[C@@H](C)C4)ccc1OCc1ccc(Br)cc1. The molecule has 39 heavy (non-hydrogen) atoms. The maximum Gasteiger partial charge on any atom is 0.263 e. The summed E-state index contributed by atoms with van der Waals surface area (Å²) in [5, 5.41) is 4.75. The number of halogens is 1. The highest BCUT2D eigenvalue weighted by molar-refractivity contribution is 9.10. The first-order valence-corrected chi connectivity index (χ1v) is 14.3. The van der Waals surface area contributed by atoms with Crippen molar-refractivity contribution in [2.45, 2.75) is 45.8 Å². The van der Waals surface area contributed by atoms with Crippen LogP contribution >= 0.6 is 27.3 Å². The van der Waals surface area contributed by atoms with E-state index in [2.05, 4.69) is 38.4 Å². The lowest BCUT2D eigenvalue weighted by Gasteiger charge is -2.18. The number of carbonyl (C=O) groups is 1. The number of aromatic nitrogens is 2. The predicted molar refractivity (Wildman–Crippen MR) is 157 cm³/mol. The zero-order chi connectivity index (χ0) is 27.5. The van der Waals surface area contributed by atoms with E-state index in [-0.39, 0.29) is 5.56 Å². The van der Waals surface area contributed by atoms with Crippen LogP contribution in [0.4, 0.5) is 0 Å². The van der Waals surface area contributed by atoms with Gasteiger partial charge in [0.25, 0.3) is 11.5 Å². The highest BCUT2D eigenvalue weighted by Gasteiger charge is 2.25. The number of hydrazone groups is 1. The first-order valence-electron chi connectivity index (χ1n) is 12.7. The molecule has 202 valence electrons. The van der Waals surface area contributed by atoms with Crippen molar-refractivity contribution in [3.63, 3.8) is 0 Å². The van der Waals surface area contributed by atoms with Crippen LogP contribution in [-0.2, 0) is 24.2 Å². The molecule has 0 fully saturated rings. The van der Waals surface area contributed by atoms with E-state index in [1.807, 2.05) is 30.3 Å². The summed E-state index contributed by atoms with van der Waals surface area (Å²) in [7, 11) is 1.57. The van der Waals surface area contributed by atoms with Crippen LogP contribution in [0.3, 0.4) is 0 Å². The average Bonchev–Trinajstić information content (AvgIpc) is 3.31. The minimum Gasteiger partial charge on any atom is -0.493 e. The second-order valence-electron chi connectivity index (χ2n) is 9.72. The topological polar surface area (TPSA) is 94.8 Å². The molecule has 2 heterocycles. The molecule has 0 bridgehead atoms. The average molecular weight is 610 g/mol. The summed E-state index contributed by atoms with van der Waals surface area (Å²) < 4.78 is 13.8. The van der Waals surface area contributed by atoms with Gasteiger partial charge in [-0.05, 0) is 79.1 Å². The Kier molecular flexibility index (Phi) is 8.13. The number of nitrogens with zero attached hydrogens (tertiary/aromatic N) is 3. The molecule has 2 aromatic carbocycles. The lowest BCUT2D eigenvalue weighted by Crippen LogP contribution is -2.34. The summed E-state index contributed by atoms with van der Waals surface area (Å²) in [5.41, 5.74) is 5.21. The summed E-state index contributed by atoms with van der Waals surface area (Å²) in [4.78, 5) is 32.7. The van der Waals surface area contributed by atoms with Crippen LogP contribution in [-0.4, -0.2) is 28.8 Å². The van der Waals surface area contributed by atoms with Gasteiger partial charge in [0, 0.05) is 9.35 Å². The molecular weight excluding hydrogens is 580 g/mol. The van der Waals surface area contributed by atoms with Crippen LogP contribution in [0.15, 0.2) is 63.2 Å². The molecule has 5 rings (SSSR count). The van der Waals surface area contributed by atoms with Gasteiger partial charge in [-0.3, -0.25) is 14.2 Å². The highest BCUT2D eigenvalue weighted by Crippen LogP contribution is 2.35. The van der Waals surface area contributed by atoms with E-state index >= 15 is 0 Å². The van der Waals surface area contributed by atoms with E-state index < -0.39 is 11.9 Å². The van der Waals surface area contributed by atoms with Crippen LogP contribution < -0.4 is 20.5 Å². The van der Waals surface area contributed by atoms with E-state index in [1.54, 1.807) is 37.5 Å². The number of hydrogen-bond acceptors (Lipinski definition) is 7. The quantitative estimate of drug-likeness (QED) is 0.206. The molecular formula is C29H29BrN4O4S. The Morgan fingerprint density at radius 2 is 2.08 bits per heavy atom. The number of hydrogen-bond donors (Lipinski definition) is 1. The Hall–Kier alpha value is -3.50. The number of amides is 1. The van der Waals surface area contributed by atoms with Gasteiger partial charge in [0.2, 0.25) is 0 Å². The predicted octanol–water partition coefficient (Wildman–Crippen LogP) is 5.64. The fourth-order valence-corrected chi connectivity index (χ4v) is 6.24. The second-order valence-corrected chi connectivity index (χ2v) is 11.7. The normalized spacial score (nSPS) is 15.7. The molecule has 0 spiro atoms. The Morgan fingerprint density at radius 3 is 2.85 bits per heavy atom. The van der Waals surface area contributed by atoms with Crippen molar-refractivity contribution in [1.82, 2.24) is 15.0 Å². The minimum atomic E-state index is -0.770. The number of carbonyl (C=O) groups excluding carboxylic acids is 1. The molecule has 0 saturated carbocycles. The fourth-order valence-electron chi connectivity index (χ4n) is 4.64. The van der Waals surface area contributed by atoms with E-state index in [0.717, 1.165) is 45.3 Å². The Bertz CT molecular complexity index is 1600. The van der Waals surface area contributed by atoms with Crippen molar-refractivity contribution in [2.24, 2.45) is 11.0 Å². The molecule has 4 aromatic rings. The van der Waals surface area contributed by atoms with Gasteiger partial charge in [-0.2, -0.15) is 5.10 Å². The van der Waals surface area contributed by atoms with Crippen LogP contribution in [0.2, 0.25) is 0 Å². The smallest absolute Gasteiger partial charge is 0.263 e. The number of aryl methyl sites for hydroxylation is 1. The maximum atomic E-state index is 13.3. The van der Waals surface area contributed by atoms with E-state index in [0.29, 0.717) is 29.4 Å². The lowest BCUT2D eigenvalue weighted by molar-refractivity contribution is -0.123. The van der Waals surface area contributed by atoms with Crippen LogP contribution in [0.1, 0.15) is 47.9 Å². The number of fused-ring (bicyclic) bond motifs is 3. The van der Waals surface area contributed by atoms with E-state index in [1.165, 1.54) is 22.0 Å². The molecule has 10 heteroatoms. The monoisotopic (exact) mass is 608 g/mol. The number of rotatable bonds is 8. The molecule has 0 unspecified atom stereocenters. The summed E-state index contributed by atoms with van der Waals surface area (Å²) in [6.45, 7) is 4.30. The number of benzene rings is 2. The standard InChI is InChI=1S/C29H29BrN4O4S/c1-17-4-10-22-25(12-17)39-28-26(22)29(36)34(16-31-28)18(2)27(35)33-32-14-20-7-11-23(24(13-20)37-3)38-15-19-5-8-21(30)9-6-19/h5-9,11,13-14,16-18H,4,10,12,15H2,1-3H3,(H,33,35)/b32-14-/t17-,18+/m1/s1. The van der Waals surface area contributed by atoms with E-state index in [4.69, 9.17) is 9.47 Å². The Balaban J connectivity index is 1.25. The van der Waals surface area contributed by atoms with E-state index in [9.17, 15) is 9.59 Å². The molecule has 2 atom stereocenters. The molecule has 0 radical (unpaired) electrons. The van der Waals surface area contributed by atoms with Gasteiger partial charge in [0.05, 0.1) is 25.0 Å². The van der Waals surface area contributed by atoms with Gasteiger partial charge in [0.15, 0.2) is 11.5 Å². The number of methoxy groups -OCH3 is 1. The minimum absolute atomic E-state index is 0.179. The van der Waals surface area contributed by atoms with Crippen LogP contribution in [0.25, 0.3) is 10.2 Å². The highest BCUT2D eigenvalue weighted by atomic mass is 79.9. The van der Waals surface area contributed by atoms with Crippen LogP contribution in [0, 0.1) is 5.92 Å². The van der Waals surface area contributed by atoms with Gasteiger partial charge in [0.1, 0.15) is 17.5 Å². The molecule has 0 aliphatic heterocycles. The van der Waals surface area contributed by atoms with Gasteiger partial charge < -0.3 is 9.47 Å². The first kappa shape index (κ1) is 27.1. The third-order valence-electron chi connectivity index (χ3n) is 6.92. The summed E-state index contributed by atoms with van der Waals surface area (Å²) in [5.74, 6) is 1.35. The zero-order valence-corrected chi connectivity index (χ0v) is 24.3. The first-order chi connectivity index (χ1) is 18.8. The molecule has 1 aliphatic rings. The molecule has 1 N–H and O–H groups in total. The van der Waals surface area contributed by atoms with Gasteiger partial charge in [-0.15, -0.1) is 11.3 Å². The fraction of sp³-hybridized carbons (Fsp3) is 0.310. The molecule has 1 amide bonds. The molecule has 8 nitrogen and oxygen atoms in total. The van der Waals surface area contributed by atoms with Crippen molar-refractivity contribution in [3.05, 3.63) is 85.2 Å². The molecule has 2 aromatic heterocycles. The lowest BCUT2D eigenvalue weighted by atomic mass is 9.89. The van der Waals surface area contributed by atoms with Crippen molar-refractivity contribution in [3.8, 4) is 11.5 Å². The third-order valence-corrected chi connectivity index (χ3v) is 8.61. The van der Waals surface area contributed by atoms with Gasteiger partial charge >= 0.3 is 0 Å². The summed E-state index contributed by atoms with van der Waals surface area (Å²) in [6.07, 6.45) is 5.89.